The zero-order valence-corrected chi connectivity index (χ0v) is 8.45. The minimum absolute atomic E-state index is 0.106. The summed E-state index contributed by atoms with van der Waals surface area (Å²) in [4.78, 5) is 15.4. The van der Waals surface area contributed by atoms with Crippen LogP contribution < -0.4 is 5.32 Å². The summed E-state index contributed by atoms with van der Waals surface area (Å²) in [6.07, 6.45) is 4.15. The van der Waals surface area contributed by atoms with E-state index in [0.29, 0.717) is 6.42 Å². The molecule has 1 aromatic rings. The summed E-state index contributed by atoms with van der Waals surface area (Å²) in [5.41, 5.74) is 1.02. The molecule has 0 bridgehead atoms. The van der Waals surface area contributed by atoms with Crippen molar-refractivity contribution in [2.75, 3.05) is 0 Å². The van der Waals surface area contributed by atoms with Crippen LogP contribution in [0.3, 0.4) is 0 Å². The van der Waals surface area contributed by atoms with Gasteiger partial charge in [0.25, 0.3) is 0 Å². The van der Waals surface area contributed by atoms with Crippen LogP contribution in [0.4, 0.5) is 0 Å². The maximum Gasteiger partial charge on any atom is 0.221 e. The van der Waals surface area contributed by atoms with Crippen molar-refractivity contribution in [3.8, 4) is 0 Å². The van der Waals surface area contributed by atoms with Crippen molar-refractivity contribution in [1.29, 1.82) is 0 Å². The van der Waals surface area contributed by atoms with E-state index in [9.17, 15) is 4.79 Å². The highest BCUT2D eigenvalue weighted by Gasteiger charge is 2.41. The maximum absolute atomic E-state index is 11.3. The summed E-state index contributed by atoms with van der Waals surface area (Å²) in [7, 11) is 0. The molecule has 0 saturated carbocycles. The molecule has 1 fully saturated rings. The third-order valence-electron chi connectivity index (χ3n) is 3.18. The molecule has 0 aliphatic carbocycles. The number of amides is 1. The largest absolute Gasteiger partial charge is 0.353 e. The van der Waals surface area contributed by atoms with Crippen LogP contribution in [0.1, 0.15) is 25.8 Å². The Labute approximate surface area is 83.5 Å². The molecule has 2 heterocycles. The van der Waals surface area contributed by atoms with Crippen molar-refractivity contribution >= 4 is 5.91 Å². The Bertz CT molecular complexity index is 350. The van der Waals surface area contributed by atoms with Crippen molar-refractivity contribution in [3.63, 3.8) is 0 Å². The zero-order chi connectivity index (χ0) is 10.2. The van der Waals surface area contributed by atoms with E-state index in [0.717, 1.165) is 5.56 Å². The summed E-state index contributed by atoms with van der Waals surface area (Å²) < 4.78 is 0. The minimum Gasteiger partial charge on any atom is -0.353 e. The Morgan fingerprint density at radius 3 is 2.93 bits per heavy atom. The standard InChI is InChI=1S/C11H14N2O/c1-8-11(2,6-10(14)13-8)9-4-3-5-12-7-9/h3-5,7-8H,6H2,1-2H3,(H,13,14). The number of hydrogen-bond acceptors (Lipinski definition) is 2. The summed E-state index contributed by atoms with van der Waals surface area (Å²) in [6, 6.07) is 4.12. The Hall–Kier alpha value is -1.38. The van der Waals surface area contributed by atoms with Crippen LogP contribution in [-0.4, -0.2) is 16.9 Å². The molecule has 1 N–H and O–H groups in total. The molecule has 14 heavy (non-hydrogen) atoms. The molecule has 1 saturated heterocycles. The van der Waals surface area contributed by atoms with E-state index in [1.807, 2.05) is 25.3 Å². The molecule has 0 aromatic carbocycles. The number of hydrogen-bond donors (Lipinski definition) is 1. The van der Waals surface area contributed by atoms with Gasteiger partial charge in [0, 0.05) is 30.3 Å². The van der Waals surface area contributed by atoms with Crippen molar-refractivity contribution < 1.29 is 4.79 Å². The molecule has 3 heteroatoms. The predicted octanol–water partition coefficient (Wildman–Crippen LogP) is 1.25. The SMILES string of the molecule is CC1NC(=O)CC1(C)c1cccnc1. The molecule has 2 unspecified atom stereocenters. The van der Waals surface area contributed by atoms with E-state index < -0.39 is 0 Å². The first-order chi connectivity index (χ1) is 6.63. The van der Waals surface area contributed by atoms with Crippen molar-refractivity contribution in [1.82, 2.24) is 10.3 Å². The molecule has 0 spiro atoms. The second-order valence-electron chi connectivity index (χ2n) is 4.13. The van der Waals surface area contributed by atoms with Crippen LogP contribution in [0.5, 0.6) is 0 Å². The first-order valence-electron chi connectivity index (χ1n) is 4.83. The first-order valence-corrected chi connectivity index (χ1v) is 4.83. The lowest BCUT2D eigenvalue weighted by molar-refractivity contribution is -0.119. The average molecular weight is 190 g/mol. The van der Waals surface area contributed by atoms with E-state index in [2.05, 4.69) is 17.2 Å². The topological polar surface area (TPSA) is 42.0 Å². The number of pyridine rings is 1. The second kappa shape index (κ2) is 3.08. The molecule has 3 nitrogen and oxygen atoms in total. The van der Waals surface area contributed by atoms with Crippen LogP contribution >= 0.6 is 0 Å². The van der Waals surface area contributed by atoms with Gasteiger partial charge in [0.15, 0.2) is 0 Å². The van der Waals surface area contributed by atoms with E-state index in [1.54, 1.807) is 6.20 Å². The van der Waals surface area contributed by atoms with Gasteiger partial charge in [-0.1, -0.05) is 13.0 Å². The second-order valence-corrected chi connectivity index (χ2v) is 4.13. The van der Waals surface area contributed by atoms with Crippen molar-refractivity contribution in [2.45, 2.75) is 31.7 Å². The van der Waals surface area contributed by atoms with Crippen molar-refractivity contribution in [2.24, 2.45) is 0 Å². The van der Waals surface area contributed by atoms with Gasteiger partial charge < -0.3 is 5.32 Å². The van der Waals surface area contributed by atoms with E-state index in [-0.39, 0.29) is 17.4 Å². The predicted molar refractivity (Wildman–Crippen MR) is 53.8 cm³/mol. The van der Waals surface area contributed by atoms with Gasteiger partial charge in [-0.2, -0.15) is 0 Å². The smallest absolute Gasteiger partial charge is 0.221 e. The Balaban J connectivity index is 2.38. The summed E-state index contributed by atoms with van der Waals surface area (Å²) in [6.45, 7) is 4.14. The Morgan fingerprint density at radius 2 is 2.43 bits per heavy atom. The Kier molecular flexibility index (Phi) is 2.02. The van der Waals surface area contributed by atoms with Crippen LogP contribution in [0.2, 0.25) is 0 Å². The maximum atomic E-state index is 11.3. The number of carbonyl (C=O) groups is 1. The van der Waals surface area contributed by atoms with Crippen LogP contribution in [0.25, 0.3) is 0 Å². The normalized spacial score (nSPS) is 31.6. The minimum atomic E-state index is -0.106. The summed E-state index contributed by atoms with van der Waals surface area (Å²) in [5, 5.41) is 2.94. The van der Waals surface area contributed by atoms with E-state index >= 15 is 0 Å². The monoisotopic (exact) mass is 190 g/mol. The summed E-state index contributed by atoms with van der Waals surface area (Å²) in [5.74, 6) is 0.129. The van der Waals surface area contributed by atoms with Crippen LogP contribution in [0.15, 0.2) is 24.5 Å². The highest BCUT2D eigenvalue weighted by atomic mass is 16.2. The Morgan fingerprint density at radius 1 is 1.64 bits per heavy atom. The van der Waals surface area contributed by atoms with Gasteiger partial charge in [0.1, 0.15) is 0 Å². The number of aromatic nitrogens is 1. The van der Waals surface area contributed by atoms with Gasteiger partial charge in [0.05, 0.1) is 0 Å². The fourth-order valence-electron chi connectivity index (χ4n) is 1.99. The van der Waals surface area contributed by atoms with Crippen LogP contribution in [0, 0.1) is 0 Å². The molecule has 1 aliphatic heterocycles. The number of nitrogens with zero attached hydrogens (tertiary/aromatic N) is 1. The van der Waals surface area contributed by atoms with E-state index in [4.69, 9.17) is 0 Å². The van der Waals surface area contributed by atoms with Gasteiger partial charge in [-0.05, 0) is 18.6 Å². The molecular formula is C11H14N2O. The van der Waals surface area contributed by atoms with Crippen molar-refractivity contribution in [3.05, 3.63) is 30.1 Å². The molecule has 1 amide bonds. The highest BCUT2D eigenvalue weighted by Crippen LogP contribution is 2.34. The van der Waals surface area contributed by atoms with Gasteiger partial charge in [-0.25, -0.2) is 0 Å². The fraction of sp³-hybridized carbons (Fsp3) is 0.455. The fourth-order valence-corrected chi connectivity index (χ4v) is 1.99. The molecule has 1 aliphatic rings. The quantitative estimate of drug-likeness (QED) is 0.724. The highest BCUT2D eigenvalue weighted by molar-refractivity contribution is 5.81. The molecular weight excluding hydrogens is 176 g/mol. The number of rotatable bonds is 1. The molecule has 0 radical (unpaired) electrons. The molecule has 2 atom stereocenters. The van der Waals surface area contributed by atoms with E-state index in [1.165, 1.54) is 0 Å². The van der Waals surface area contributed by atoms with Gasteiger partial charge >= 0.3 is 0 Å². The first kappa shape index (κ1) is 9.19. The lowest BCUT2D eigenvalue weighted by Crippen LogP contribution is -2.35. The average Bonchev–Trinajstić information content (AvgIpc) is 2.43. The lowest BCUT2D eigenvalue weighted by atomic mass is 9.77. The zero-order valence-electron chi connectivity index (χ0n) is 8.45. The van der Waals surface area contributed by atoms with Crippen LogP contribution in [-0.2, 0) is 10.2 Å². The lowest BCUT2D eigenvalue weighted by Gasteiger charge is -2.27. The number of nitrogens with one attached hydrogen (secondary N) is 1. The number of carbonyl (C=O) groups excluding carboxylic acids is 1. The molecule has 1 aromatic heterocycles. The van der Waals surface area contributed by atoms with Gasteiger partial charge in [-0.15, -0.1) is 0 Å². The third-order valence-corrected chi connectivity index (χ3v) is 3.18. The van der Waals surface area contributed by atoms with Gasteiger partial charge in [0.2, 0.25) is 5.91 Å². The molecule has 2 rings (SSSR count). The summed E-state index contributed by atoms with van der Waals surface area (Å²) >= 11 is 0. The van der Waals surface area contributed by atoms with Gasteiger partial charge in [-0.3, -0.25) is 9.78 Å². The third kappa shape index (κ3) is 1.29. The molecule has 74 valence electrons.